The first kappa shape index (κ1) is 23.2. The van der Waals surface area contributed by atoms with Crippen molar-refractivity contribution in [1.82, 2.24) is 14.9 Å². The van der Waals surface area contributed by atoms with Crippen LogP contribution in [0.15, 0.2) is 42.5 Å². The summed E-state index contributed by atoms with van der Waals surface area (Å²) in [7, 11) is 3.18. The fourth-order valence-electron chi connectivity index (χ4n) is 5.39. The predicted octanol–water partition coefficient (Wildman–Crippen LogP) is 3.85. The molecule has 0 atom stereocenters. The second kappa shape index (κ2) is 9.98. The highest BCUT2D eigenvalue weighted by Crippen LogP contribution is 2.37. The molecule has 2 heterocycles. The van der Waals surface area contributed by atoms with Crippen molar-refractivity contribution in [1.29, 1.82) is 0 Å². The van der Waals surface area contributed by atoms with E-state index in [0.717, 1.165) is 31.1 Å². The van der Waals surface area contributed by atoms with Gasteiger partial charge in [0.2, 0.25) is 11.9 Å². The van der Waals surface area contributed by atoms with Crippen LogP contribution in [0.2, 0.25) is 0 Å². The summed E-state index contributed by atoms with van der Waals surface area (Å²) in [5, 5.41) is 0.728. The number of hydrogen-bond donors (Lipinski definition) is 1. The Balaban J connectivity index is 1.21. The highest BCUT2D eigenvalue weighted by Gasteiger charge is 2.32. The van der Waals surface area contributed by atoms with Crippen LogP contribution in [0, 0.1) is 5.92 Å². The molecule has 8 heteroatoms. The predicted molar refractivity (Wildman–Crippen MR) is 137 cm³/mol. The Kier molecular flexibility index (Phi) is 6.61. The maximum absolute atomic E-state index is 13.2. The molecule has 3 aromatic rings. The van der Waals surface area contributed by atoms with Crippen LogP contribution < -0.4 is 20.1 Å². The number of methoxy groups -OCH3 is 2. The number of hydrogen-bond acceptors (Lipinski definition) is 7. The summed E-state index contributed by atoms with van der Waals surface area (Å²) in [6.45, 7) is 2.71. The van der Waals surface area contributed by atoms with Gasteiger partial charge in [0.1, 0.15) is 5.82 Å². The molecule has 8 nitrogen and oxygen atoms in total. The number of rotatable bonds is 5. The first-order valence-electron chi connectivity index (χ1n) is 12.3. The summed E-state index contributed by atoms with van der Waals surface area (Å²) in [5.74, 6) is 3.18. The molecule has 0 spiro atoms. The second-order valence-corrected chi connectivity index (χ2v) is 9.40. The Labute approximate surface area is 206 Å². The van der Waals surface area contributed by atoms with Gasteiger partial charge < -0.3 is 25.0 Å². The number of carbonyl (C=O) groups is 1. The van der Waals surface area contributed by atoms with Gasteiger partial charge in [0, 0.05) is 43.5 Å². The molecule has 1 aromatic heterocycles. The zero-order valence-corrected chi connectivity index (χ0v) is 20.4. The van der Waals surface area contributed by atoms with Gasteiger partial charge in [-0.25, -0.2) is 4.98 Å². The zero-order valence-electron chi connectivity index (χ0n) is 20.4. The number of fused-ring (bicyclic) bond motifs is 1. The van der Waals surface area contributed by atoms with Gasteiger partial charge in [-0.05, 0) is 43.2 Å². The quantitative estimate of drug-likeness (QED) is 0.599. The van der Waals surface area contributed by atoms with Crippen molar-refractivity contribution >= 4 is 28.6 Å². The fraction of sp³-hybridized carbons (Fsp3) is 0.444. The molecule has 184 valence electrons. The third-order valence-electron chi connectivity index (χ3n) is 7.44. The summed E-state index contributed by atoms with van der Waals surface area (Å²) in [6, 6.07) is 14.3. The summed E-state index contributed by atoms with van der Waals surface area (Å²) in [4.78, 5) is 26.6. The van der Waals surface area contributed by atoms with E-state index in [1.807, 2.05) is 11.0 Å². The number of nitrogen functional groups attached to an aromatic ring is 1. The maximum atomic E-state index is 13.2. The second-order valence-electron chi connectivity index (χ2n) is 9.40. The van der Waals surface area contributed by atoms with Crippen molar-refractivity contribution in [2.75, 3.05) is 51.0 Å². The van der Waals surface area contributed by atoms with Gasteiger partial charge in [0.15, 0.2) is 11.5 Å². The average Bonchev–Trinajstić information content (AvgIpc) is 2.92. The molecule has 0 unspecified atom stereocenters. The third kappa shape index (κ3) is 4.70. The number of nitrogens with zero attached hydrogens (tertiary/aromatic N) is 4. The molecular formula is C27H33N5O3. The molecule has 1 aliphatic heterocycles. The molecule has 2 N–H and O–H groups in total. The van der Waals surface area contributed by atoms with E-state index in [1.165, 1.54) is 5.56 Å². The highest BCUT2D eigenvalue weighted by molar-refractivity contribution is 5.91. The molecule has 2 fully saturated rings. The minimum Gasteiger partial charge on any atom is -0.493 e. The summed E-state index contributed by atoms with van der Waals surface area (Å²) >= 11 is 0. The van der Waals surface area contributed by atoms with Crippen molar-refractivity contribution < 1.29 is 14.3 Å². The first-order valence-corrected chi connectivity index (χ1v) is 12.3. The maximum Gasteiger partial charge on any atom is 0.228 e. The Morgan fingerprint density at radius 1 is 0.914 bits per heavy atom. The van der Waals surface area contributed by atoms with Crippen LogP contribution in [0.25, 0.3) is 10.9 Å². The van der Waals surface area contributed by atoms with E-state index in [1.54, 1.807) is 20.3 Å². The molecule has 1 aliphatic carbocycles. The molecular weight excluding hydrogens is 442 g/mol. The van der Waals surface area contributed by atoms with E-state index in [9.17, 15) is 4.79 Å². The van der Waals surface area contributed by atoms with Gasteiger partial charge in [0.05, 0.1) is 19.7 Å². The van der Waals surface area contributed by atoms with Gasteiger partial charge >= 0.3 is 0 Å². The molecule has 0 radical (unpaired) electrons. The lowest BCUT2D eigenvalue weighted by Gasteiger charge is -2.38. The molecule has 1 saturated carbocycles. The number of ether oxygens (including phenoxy) is 2. The lowest BCUT2D eigenvalue weighted by molar-refractivity contribution is -0.137. The van der Waals surface area contributed by atoms with Crippen LogP contribution in [0.3, 0.4) is 0 Å². The number of nitrogens with two attached hydrogens (primary N) is 1. The lowest BCUT2D eigenvalue weighted by Crippen LogP contribution is -2.51. The summed E-state index contributed by atoms with van der Waals surface area (Å²) in [5.41, 5.74) is 8.37. The number of anilines is 2. The van der Waals surface area contributed by atoms with Crippen molar-refractivity contribution in [2.45, 2.75) is 31.6 Å². The Bertz CT molecular complexity index is 1190. The highest BCUT2D eigenvalue weighted by atomic mass is 16.5. The number of carbonyl (C=O) groups excluding carboxylic acids is 1. The van der Waals surface area contributed by atoms with Crippen LogP contribution in [0.1, 0.15) is 37.2 Å². The number of aromatic nitrogens is 2. The smallest absolute Gasteiger partial charge is 0.228 e. The van der Waals surface area contributed by atoms with Gasteiger partial charge in [0.25, 0.3) is 0 Å². The zero-order chi connectivity index (χ0) is 24.4. The van der Waals surface area contributed by atoms with Crippen molar-refractivity contribution in [3.8, 4) is 11.5 Å². The third-order valence-corrected chi connectivity index (χ3v) is 7.44. The first-order chi connectivity index (χ1) is 17.1. The van der Waals surface area contributed by atoms with Crippen LogP contribution in [0.5, 0.6) is 11.5 Å². The van der Waals surface area contributed by atoms with E-state index in [4.69, 9.17) is 20.2 Å². The van der Waals surface area contributed by atoms with Crippen molar-refractivity contribution in [3.05, 3.63) is 48.0 Å². The van der Waals surface area contributed by atoms with E-state index in [0.29, 0.717) is 66.8 Å². The fourth-order valence-corrected chi connectivity index (χ4v) is 5.39. The number of amides is 1. The number of piperazine rings is 1. The Morgan fingerprint density at radius 2 is 1.57 bits per heavy atom. The Hall–Kier alpha value is -3.55. The average molecular weight is 476 g/mol. The van der Waals surface area contributed by atoms with Gasteiger partial charge in [-0.2, -0.15) is 4.98 Å². The molecule has 0 bridgehead atoms. The van der Waals surface area contributed by atoms with Crippen LogP contribution in [0.4, 0.5) is 11.8 Å². The largest absolute Gasteiger partial charge is 0.493 e. The summed E-state index contributed by atoms with van der Waals surface area (Å²) in [6.07, 6.45) is 4.10. The molecule has 2 aliphatic rings. The van der Waals surface area contributed by atoms with Crippen LogP contribution >= 0.6 is 0 Å². The molecule has 1 saturated heterocycles. The van der Waals surface area contributed by atoms with Crippen LogP contribution in [-0.2, 0) is 4.79 Å². The lowest BCUT2D eigenvalue weighted by atomic mass is 9.78. The van der Waals surface area contributed by atoms with Gasteiger partial charge in [-0.3, -0.25) is 4.79 Å². The minimum absolute atomic E-state index is 0.136. The SMILES string of the molecule is COc1cc2nc(N3CCN(C(=O)[C@H]4CC[C@H](c5ccccc5)CC4)CC3)nc(N)c2cc1OC. The molecule has 2 aromatic carbocycles. The minimum atomic E-state index is 0.136. The number of benzene rings is 2. The van der Waals surface area contributed by atoms with Gasteiger partial charge in [-0.1, -0.05) is 30.3 Å². The standard InChI is InChI=1S/C27H33N5O3/c1-34-23-16-21-22(17-24(23)35-2)29-27(30-25(21)28)32-14-12-31(13-15-32)26(33)20-10-8-19(9-11-20)18-6-4-3-5-7-18/h3-7,16-17,19-20H,8-15H2,1-2H3,(H2,28,29,30)/t19-,20-. The van der Waals surface area contributed by atoms with E-state index in [-0.39, 0.29) is 5.92 Å². The topological polar surface area (TPSA) is 93.8 Å². The van der Waals surface area contributed by atoms with E-state index < -0.39 is 0 Å². The monoisotopic (exact) mass is 475 g/mol. The molecule has 35 heavy (non-hydrogen) atoms. The van der Waals surface area contributed by atoms with Crippen LogP contribution in [-0.4, -0.2) is 61.2 Å². The van der Waals surface area contributed by atoms with E-state index >= 15 is 0 Å². The van der Waals surface area contributed by atoms with Crippen molar-refractivity contribution in [3.63, 3.8) is 0 Å². The molecule has 1 amide bonds. The Morgan fingerprint density at radius 3 is 2.23 bits per heavy atom. The van der Waals surface area contributed by atoms with E-state index in [2.05, 4.69) is 40.2 Å². The summed E-state index contributed by atoms with van der Waals surface area (Å²) < 4.78 is 10.8. The normalized spacial score (nSPS) is 20.6. The van der Waals surface area contributed by atoms with Gasteiger partial charge in [-0.15, -0.1) is 0 Å². The van der Waals surface area contributed by atoms with Crippen molar-refractivity contribution in [2.24, 2.45) is 5.92 Å². The molecule has 5 rings (SSSR count).